The molecule has 1 heterocycles. The number of aliphatic imine (C=N–C) groups is 1. The average Bonchev–Trinajstić information content (AvgIpc) is 3.03. The van der Waals surface area contributed by atoms with Gasteiger partial charge in [-0.3, -0.25) is 9.79 Å². The summed E-state index contributed by atoms with van der Waals surface area (Å²) < 4.78 is 14.1. The van der Waals surface area contributed by atoms with Crippen LogP contribution in [0.15, 0.2) is 53.0 Å². The molecular formula is C39H59FN2O2. The minimum Gasteiger partial charge on any atom is -0.300 e. The molecule has 4 nitrogen and oxygen atoms in total. The summed E-state index contributed by atoms with van der Waals surface area (Å²) in [5.41, 5.74) is 5.77. The van der Waals surface area contributed by atoms with Gasteiger partial charge in [0.1, 0.15) is 24.0 Å². The molecule has 0 saturated carbocycles. The number of nitriles is 1. The molecule has 0 spiro atoms. The number of allylic oxidation sites excluding steroid dienone is 4. The summed E-state index contributed by atoms with van der Waals surface area (Å²) in [5, 5.41) is 8.91. The second-order valence-electron chi connectivity index (χ2n) is 9.40. The second kappa shape index (κ2) is 29.4. The number of carbonyl (C=O) groups excluding carboxylic acids is 2. The number of rotatable bonds is 10. The SMILES string of the molecule is C/C(=C(\C=C(/C)C=O)c1ccc(C#N)c(F)c1)c1ccc2c(c1)C=N2.CC.CC.CC.CCCC(C)=O.CCCCCCC. The van der Waals surface area contributed by atoms with Crippen LogP contribution in [0.25, 0.3) is 11.1 Å². The fourth-order valence-electron chi connectivity index (χ4n) is 3.71. The lowest BCUT2D eigenvalue weighted by Gasteiger charge is -2.14. The van der Waals surface area contributed by atoms with Gasteiger partial charge in [0.05, 0.1) is 11.3 Å². The maximum atomic E-state index is 14.1. The van der Waals surface area contributed by atoms with Crippen LogP contribution in [0.1, 0.15) is 150 Å². The molecule has 0 aromatic heterocycles. The van der Waals surface area contributed by atoms with E-state index in [4.69, 9.17) is 5.26 Å². The Morgan fingerprint density at radius 2 is 1.41 bits per heavy atom. The van der Waals surface area contributed by atoms with Crippen molar-refractivity contribution in [2.45, 2.75) is 128 Å². The van der Waals surface area contributed by atoms with Crippen LogP contribution in [0.5, 0.6) is 0 Å². The highest BCUT2D eigenvalue weighted by molar-refractivity contribution is 6.01. The summed E-state index contributed by atoms with van der Waals surface area (Å²) in [4.78, 5) is 25.3. The summed E-state index contributed by atoms with van der Waals surface area (Å²) in [6.07, 6.45) is 13.0. The number of unbranched alkanes of at least 4 members (excludes halogenated alkanes) is 4. The van der Waals surface area contributed by atoms with Gasteiger partial charge < -0.3 is 4.79 Å². The maximum Gasteiger partial charge on any atom is 0.145 e. The predicted octanol–water partition coefficient (Wildman–Crippen LogP) is 12.3. The standard InChI is InChI=1S/C21H15FN2O.C7H16.C5H10O.3C2H6/c1-13(12-25)7-19(16-3-4-17(10-23)20(22)9-16)14(2)15-5-6-21-18(8-15)11-24-21;1-3-5-7-6-4-2;1-3-4-5(2)6;3*1-2/h3-9,11-12H,1-2H3;3-7H2,1-2H3;3-4H2,1-2H3;3*1-2H3/b13-7+,19-14-;;;;;. The number of carbonyl (C=O) groups is 2. The zero-order chi connectivity index (χ0) is 34.5. The Morgan fingerprint density at radius 1 is 0.841 bits per heavy atom. The highest BCUT2D eigenvalue weighted by Gasteiger charge is 2.13. The third kappa shape index (κ3) is 18.1. The van der Waals surface area contributed by atoms with Crippen LogP contribution in [-0.4, -0.2) is 18.3 Å². The molecule has 0 saturated heterocycles. The number of ketones is 1. The van der Waals surface area contributed by atoms with Crippen LogP contribution in [0.3, 0.4) is 0 Å². The van der Waals surface area contributed by atoms with Crippen molar-refractivity contribution in [2.24, 2.45) is 4.99 Å². The molecule has 0 atom stereocenters. The fraction of sp³-hybridized carbons (Fsp3) is 0.487. The van der Waals surface area contributed by atoms with E-state index in [1.807, 2.05) is 79.7 Å². The topological polar surface area (TPSA) is 70.3 Å². The summed E-state index contributed by atoms with van der Waals surface area (Å²) in [6.45, 7) is 23.7. The van der Waals surface area contributed by atoms with E-state index in [-0.39, 0.29) is 11.3 Å². The minimum absolute atomic E-state index is 0.00547. The van der Waals surface area contributed by atoms with Crippen molar-refractivity contribution in [3.05, 3.63) is 76.1 Å². The normalized spacial score (nSPS) is 10.7. The third-order valence-corrected chi connectivity index (χ3v) is 5.97. The zero-order valence-corrected chi connectivity index (χ0v) is 29.7. The number of aldehydes is 1. The van der Waals surface area contributed by atoms with Gasteiger partial charge in [-0.05, 0) is 85.4 Å². The van der Waals surface area contributed by atoms with Gasteiger partial charge in [-0.25, -0.2) is 4.39 Å². The van der Waals surface area contributed by atoms with E-state index in [0.29, 0.717) is 11.1 Å². The molecule has 0 bridgehead atoms. The van der Waals surface area contributed by atoms with Crippen molar-refractivity contribution in [3.63, 3.8) is 0 Å². The van der Waals surface area contributed by atoms with E-state index in [9.17, 15) is 14.0 Å². The first kappa shape index (κ1) is 44.8. The Labute approximate surface area is 269 Å². The largest absolute Gasteiger partial charge is 0.300 e. The van der Waals surface area contributed by atoms with Crippen molar-refractivity contribution in [2.75, 3.05) is 0 Å². The number of fused-ring (bicyclic) bond motifs is 1. The summed E-state index contributed by atoms with van der Waals surface area (Å²) >= 11 is 0. The quantitative estimate of drug-likeness (QED) is 0.0757. The van der Waals surface area contributed by atoms with Gasteiger partial charge >= 0.3 is 0 Å². The molecule has 244 valence electrons. The molecular weight excluding hydrogens is 547 g/mol. The first-order valence-corrected chi connectivity index (χ1v) is 16.4. The number of benzene rings is 2. The van der Waals surface area contributed by atoms with E-state index >= 15 is 0 Å². The molecule has 44 heavy (non-hydrogen) atoms. The number of hydrogen-bond donors (Lipinski definition) is 0. The first-order chi connectivity index (χ1) is 21.2. The van der Waals surface area contributed by atoms with Gasteiger partial charge in [-0.15, -0.1) is 0 Å². The Kier molecular flexibility index (Phi) is 29.9. The minimum atomic E-state index is -0.577. The Morgan fingerprint density at radius 3 is 1.77 bits per heavy atom. The highest BCUT2D eigenvalue weighted by Crippen LogP contribution is 2.33. The van der Waals surface area contributed by atoms with Crippen LogP contribution in [0, 0.1) is 17.1 Å². The van der Waals surface area contributed by atoms with Gasteiger partial charge in [0.15, 0.2) is 0 Å². The van der Waals surface area contributed by atoms with Crippen molar-refractivity contribution in [1.82, 2.24) is 0 Å². The number of hydrogen-bond acceptors (Lipinski definition) is 4. The highest BCUT2D eigenvalue weighted by atomic mass is 19.1. The number of Topliss-reactive ketones (excluding diaryl/α,β-unsaturated/α-hetero) is 1. The Bertz CT molecular complexity index is 1210. The van der Waals surface area contributed by atoms with Crippen molar-refractivity contribution >= 4 is 35.1 Å². The second-order valence-corrected chi connectivity index (χ2v) is 9.40. The van der Waals surface area contributed by atoms with Crippen LogP contribution < -0.4 is 0 Å². The molecule has 0 N–H and O–H groups in total. The average molecular weight is 607 g/mol. The van der Waals surface area contributed by atoms with Crippen LogP contribution in [0.2, 0.25) is 0 Å². The monoisotopic (exact) mass is 606 g/mol. The van der Waals surface area contributed by atoms with Gasteiger partial charge in [0.2, 0.25) is 0 Å². The first-order valence-electron chi connectivity index (χ1n) is 16.4. The maximum absolute atomic E-state index is 14.1. The van der Waals surface area contributed by atoms with Crippen LogP contribution in [0.4, 0.5) is 10.1 Å². The van der Waals surface area contributed by atoms with Crippen LogP contribution in [-0.2, 0) is 9.59 Å². The van der Waals surface area contributed by atoms with Crippen LogP contribution >= 0.6 is 0 Å². The molecule has 5 heteroatoms. The fourth-order valence-corrected chi connectivity index (χ4v) is 3.71. The van der Waals surface area contributed by atoms with Gasteiger partial charge in [0, 0.05) is 18.2 Å². The van der Waals surface area contributed by atoms with E-state index in [2.05, 4.69) is 18.8 Å². The zero-order valence-electron chi connectivity index (χ0n) is 29.7. The van der Waals surface area contributed by atoms with E-state index in [1.54, 1.807) is 32.2 Å². The van der Waals surface area contributed by atoms with Gasteiger partial charge in [-0.2, -0.15) is 5.26 Å². The summed E-state index contributed by atoms with van der Waals surface area (Å²) in [7, 11) is 0. The molecule has 1 aliphatic heterocycles. The lowest BCUT2D eigenvalue weighted by atomic mass is 9.92. The summed E-state index contributed by atoms with van der Waals surface area (Å²) in [5.74, 6) is -0.288. The number of halogens is 1. The van der Waals surface area contributed by atoms with E-state index in [1.165, 1.54) is 44.2 Å². The van der Waals surface area contributed by atoms with Crippen molar-refractivity contribution in [3.8, 4) is 6.07 Å². The molecule has 0 unspecified atom stereocenters. The lowest BCUT2D eigenvalue weighted by Crippen LogP contribution is -1.96. The smallest absolute Gasteiger partial charge is 0.145 e. The summed E-state index contributed by atoms with van der Waals surface area (Å²) in [6, 6.07) is 12.2. The van der Waals surface area contributed by atoms with Crippen molar-refractivity contribution in [1.29, 1.82) is 5.26 Å². The Hall–Kier alpha value is -3.65. The molecule has 3 rings (SSSR count). The molecule has 0 amide bonds. The molecule has 0 fully saturated rings. The molecule has 0 aliphatic carbocycles. The molecule has 0 radical (unpaired) electrons. The number of nitrogens with zero attached hydrogens (tertiary/aromatic N) is 2. The molecule has 2 aromatic rings. The van der Waals surface area contributed by atoms with Gasteiger partial charge in [0.25, 0.3) is 0 Å². The Balaban J connectivity index is -0.000000732. The third-order valence-electron chi connectivity index (χ3n) is 5.97. The van der Waals surface area contributed by atoms with Crippen molar-refractivity contribution < 1.29 is 14.0 Å². The van der Waals surface area contributed by atoms with E-state index in [0.717, 1.165) is 47.1 Å². The molecule has 2 aromatic carbocycles. The lowest BCUT2D eigenvalue weighted by molar-refractivity contribution is -0.117. The molecule has 1 aliphatic rings. The van der Waals surface area contributed by atoms with Gasteiger partial charge in [-0.1, -0.05) is 107 Å². The predicted molar refractivity (Wildman–Crippen MR) is 191 cm³/mol. The van der Waals surface area contributed by atoms with E-state index < -0.39 is 5.82 Å².